The number of fused-ring (bicyclic) bond motifs is 2. The van der Waals surface area contributed by atoms with Gasteiger partial charge in [0.1, 0.15) is 5.75 Å². The monoisotopic (exact) mass is 593 g/mol. The maximum absolute atomic E-state index is 14.0. The number of carbonyl (C=O) groups is 2. The van der Waals surface area contributed by atoms with Gasteiger partial charge in [-0.2, -0.15) is 0 Å². The molecule has 6 nitrogen and oxygen atoms in total. The first kappa shape index (κ1) is 31.5. The second-order valence-corrected chi connectivity index (χ2v) is 13.3. The Morgan fingerprint density at radius 2 is 1.59 bits per heavy atom. The molecule has 3 aromatic rings. The molecule has 0 aliphatic carbocycles. The number of para-hydroxylation sites is 1. The fraction of sp³-hybridized carbons (Fsp3) is 0.421. The fourth-order valence-electron chi connectivity index (χ4n) is 6.42. The van der Waals surface area contributed by atoms with E-state index >= 15 is 0 Å². The van der Waals surface area contributed by atoms with Gasteiger partial charge in [0, 0.05) is 45.2 Å². The van der Waals surface area contributed by atoms with Crippen molar-refractivity contribution in [2.45, 2.75) is 70.9 Å². The van der Waals surface area contributed by atoms with E-state index in [2.05, 4.69) is 80.7 Å². The lowest BCUT2D eigenvalue weighted by molar-refractivity contribution is -0.132. The molecule has 1 saturated heterocycles. The van der Waals surface area contributed by atoms with Gasteiger partial charge in [0.05, 0.1) is 12.6 Å². The SMILES string of the molecule is CC(=O)N1CC2CC(c3ccc(CCCOc4ccccc4C(C)(C)C)cc3)=C(C(=O)N(C)CCc3ccccc3)[C@@H](C1)N2. The number of hydrogen-bond acceptors (Lipinski definition) is 4. The van der Waals surface area contributed by atoms with Crippen LogP contribution >= 0.6 is 0 Å². The van der Waals surface area contributed by atoms with Crippen molar-refractivity contribution in [3.8, 4) is 5.75 Å². The molecule has 2 aliphatic rings. The van der Waals surface area contributed by atoms with Crippen LogP contribution in [0.25, 0.3) is 5.57 Å². The third-order valence-electron chi connectivity index (χ3n) is 8.87. The van der Waals surface area contributed by atoms with Crippen LogP contribution in [-0.2, 0) is 27.8 Å². The smallest absolute Gasteiger partial charge is 0.251 e. The Morgan fingerprint density at radius 3 is 2.30 bits per heavy atom. The van der Waals surface area contributed by atoms with E-state index < -0.39 is 0 Å². The Morgan fingerprint density at radius 1 is 0.909 bits per heavy atom. The summed E-state index contributed by atoms with van der Waals surface area (Å²) in [5.41, 5.74) is 6.72. The van der Waals surface area contributed by atoms with E-state index in [9.17, 15) is 9.59 Å². The van der Waals surface area contributed by atoms with Crippen LogP contribution in [0.4, 0.5) is 0 Å². The van der Waals surface area contributed by atoms with Crippen LogP contribution in [0.5, 0.6) is 5.75 Å². The van der Waals surface area contributed by atoms with Crippen LogP contribution in [0.1, 0.15) is 62.8 Å². The average Bonchev–Trinajstić information content (AvgIpc) is 3.01. The number of amides is 2. The number of ether oxygens (including phenoxy) is 1. The molecule has 5 rings (SSSR count). The van der Waals surface area contributed by atoms with Crippen LogP contribution in [0.15, 0.2) is 84.4 Å². The Hall–Kier alpha value is -3.90. The lowest BCUT2D eigenvalue weighted by Gasteiger charge is -2.44. The van der Waals surface area contributed by atoms with Gasteiger partial charge in [-0.25, -0.2) is 0 Å². The summed E-state index contributed by atoms with van der Waals surface area (Å²) in [6, 6.07) is 27.2. The topological polar surface area (TPSA) is 61.9 Å². The van der Waals surface area contributed by atoms with Gasteiger partial charge in [-0.3, -0.25) is 9.59 Å². The first-order valence-electron chi connectivity index (χ1n) is 16.0. The molecule has 1 fully saturated rings. The highest BCUT2D eigenvalue weighted by Gasteiger charge is 2.39. The number of carbonyl (C=O) groups excluding carboxylic acids is 2. The minimum Gasteiger partial charge on any atom is -0.493 e. The molecule has 2 aliphatic heterocycles. The molecule has 6 heteroatoms. The average molecular weight is 594 g/mol. The number of benzene rings is 3. The highest BCUT2D eigenvalue weighted by atomic mass is 16.5. The molecule has 0 saturated carbocycles. The Bertz CT molecular complexity index is 1470. The van der Waals surface area contributed by atoms with Gasteiger partial charge in [-0.05, 0) is 65.0 Å². The number of hydrogen-bond donors (Lipinski definition) is 1. The maximum atomic E-state index is 14.0. The van der Waals surface area contributed by atoms with Crippen LogP contribution < -0.4 is 10.1 Å². The molecule has 2 amide bonds. The predicted octanol–water partition coefficient (Wildman–Crippen LogP) is 6.04. The lowest BCUT2D eigenvalue weighted by atomic mass is 9.82. The summed E-state index contributed by atoms with van der Waals surface area (Å²) in [6.45, 7) is 10.7. The van der Waals surface area contributed by atoms with Crippen molar-refractivity contribution in [3.05, 3.63) is 107 Å². The Kier molecular flexibility index (Phi) is 9.90. The molecule has 2 bridgehead atoms. The molecule has 0 radical (unpaired) electrons. The number of aryl methyl sites for hydroxylation is 1. The van der Waals surface area contributed by atoms with Crippen molar-refractivity contribution in [3.63, 3.8) is 0 Å². The van der Waals surface area contributed by atoms with E-state index in [1.165, 1.54) is 16.7 Å². The van der Waals surface area contributed by atoms with Crippen molar-refractivity contribution in [2.24, 2.45) is 0 Å². The predicted molar refractivity (Wildman–Crippen MR) is 178 cm³/mol. The first-order valence-corrected chi connectivity index (χ1v) is 16.0. The van der Waals surface area contributed by atoms with E-state index in [0.717, 1.165) is 41.7 Å². The quantitative estimate of drug-likeness (QED) is 0.291. The molecule has 44 heavy (non-hydrogen) atoms. The van der Waals surface area contributed by atoms with Gasteiger partial charge in [0.2, 0.25) is 5.91 Å². The summed E-state index contributed by atoms with van der Waals surface area (Å²) in [7, 11) is 1.89. The number of rotatable bonds is 10. The van der Waals surface area contributed by atoms with E-state index in [1.54, 1.807) is 6.92 Å². The van der Waals surface area contributed by atoms with Gasteiger partial charge in [-0.1, -0.05) is 93.6 Å². The summed E-state index contributed by atoms with van der Waals surface area (Å²) in [6.07, 6.45) is 3.36. The van der Waals surface area contributed by atoms with Gasteiger partial charge < -0.3 is 19.9 Å². The van der Waals surface area contributed by atoms with Crippen molar-refractivity contribution in [1.82, 2.24) is 15.1 Å². The standard InChI is InChI=1S/C38H47N3O3/c1-27(42)41-25-31-24-32(36(34(26-41)39-31)37(43)40(5)22-21-28-12-7-6-8-13-28)30-19-17-29(18-20-30)14-11-23-44-35-16-10-9-15-33(35)38(2,3)4/h6-10,12-13,15-20,31,34,39H,11,14,21-26H2,1-5H3/t31?,34-/m1/s1. The minimum atomic E-state index is -0.180. The van der Waals surface area contributed by atoms with Gasteiger partial charge in [-0.15, -0.1) is 0 Å². The Balaban J connectivity index is 1.29. The molecule has 2 heterocycles. The third kappa shape index (κ3) is 7.59. The van der Waals surface area contributed by atoms with Crippen molar-refractivity contribution >= 4 is 17.4 Å². The number of nitrogens with one attached hydrogen (secondary N) is 1. The van der Waals surface area contributed by atoms with Crippen molar-refractivity contribution in [1.29, 1.82) is 0 Å². The zero-order valence-corrected chi connectivity index (χ0v) is 26.9. The Labute approximate surface area is 263 Å². The second kappa shape index (κ2) is 13.8. The van der Waals surface area contributed by atoms with E-state index in [0.29, 0.717) is 32.7 Å². The van der Waals surface area contributed by atoms with Crippen molar-refractivity contribution in [2.75, 3.05) is 33.3 Å². The van der Waals surface area contributed by atoms with Gasteiger partial charge in [0.25, 0.3) is 5.91 Å². The van der Waals surface area contributed by atoms with E-state index in [-0.39, 0.29) is 29.3 Å². The molecule has 1 N–H and O–H groups in total. The van der Waals surface area contributed by atoms with Crippen LogP contribution in [-0.4, -0.2) is 67.0 Å². The summed E-state index contributed by atoms with van der Waals surface area (Å²) in [5.74, 6) is 1.06. The van der Waals surface area contributed by atoms with Crippen LogP contribution in [0.3, 0.4) is 0 Å². The molecular formula is C38H47N3O3. The molecule has 1 unspecified atom stereocenters. The number of nitrogens with zero attached hydrogens (tertiary/aromatic N) is 2. The maximum Gasteiger partial charge on any atom is 0.251 e. The summed E-state index contributed by atoms with van der Waals surface area (Å²) < 4.78 is 6.20. The molecule has 0 aromatic heterocycles. The van der Waals surface area contributed by atoms with Gasteiger partial charge >= 0.3 is 0 Å². The van der Waals surface area contributed by atoms with Crippen LogP contribution in [0.2, 0.25) is 0 Å². The third-order valence-corrected chi connectivity index (χ3v) is 8.87. The minimum absolute atomic E-state index is 0.0362. The molecule has 232 valence electrons. The van der Waals surface area contributed by atoms with Crippen LogP contribution in [0, 0.1) is 0 Å². The fourth-order valence-corrected chi connectivity index (χ4v) is 6.42. The molecule has 3 aromatic carbocycles. The first-order chi connectivity index (χ1) is 21.1. The number of piperazine rings is 1. The highest BCUT2D eigenvalue weighted by Crippen LogP contribution is 2.35. The summed E-state index contributed by atoms with van der Waals surface area (Å²) >= 11 is 0. The molecule has 2 atom stereocenters. The van der Waals surface area contributed by atoms with Gasteiger partial charge in [0.15, 0.2) is 0 Å². The summed E-state index contributed by atoms with van der Waals surface area (Å²) in [4.78, 5) is 30.1. The molecular weight excluding hydrogens is 546 g/mol. The van der Waals surface area contributed by atoms with E-state index in [4.69, 9.17) is 4.74 Å². The van der Waals surface area contributed by atoms with E-state index in [1.807, 2.05) is 41.1 Å². The number of likely N-dealkylation sites (N-methyl/N-ethyl adjacent to an activating group) is 1. The highest BCUT2D eigenvalue weighted by molar-refractivity contribution is 6.03. The summed E-state index contributed by atoms with van der Waals surface area (Å²) in [5, 5.41) is 3.66. The second-order valence-electron chi connectivity index (χ2n) is 13.3. The zero-order valence-electron chi connectivity index (χ0n) is 26.9. The zero-order chi connectivity index (χ0) is 31.3. The normalized spacial score (nSPS) is 18.2. The largest absolute Gasteiger partial charge is 0.493 e. The van der Waals surface area contributed by atoms with Crippen molar-refractivity contribution < 1.29 is 14.3 Å². The molecule has 0 spiro atoms. The lowest BCUT2D eigenvalue weighted by Crippen LogP contribution is -2.61.